The monoisotopic (exact) mass is 511 g/mol. The van der Waals surface area contributed by atoms with Crippen molar-refractivity contribution in [2.45, 2.75) is 4.21 Å². The molecule has 0 fully saturated rings. The van der Waals surface area contributed by atoms with E-state index in [2.05, 4.69) is 15.6 Å². The third kappa shape index (κ3) is 4.69. The van der Waals surface area contributed by atoms with Crippen molar-refractivity contribution >= 4 is 62.1 Å². The Morgan fingerprint density at radius 1 is 1.27 bits per heavy atom. The lowest BCUT2D eigenvalue weighted by atomic mass is 10.1. The molecule has 2 aromatic heterocycles. The van der Waals surface area contributed by atoms with E-state index >= 15 is 0 Å². The van der Waals surface area contributed by atoms with Gasteiger partial charge in [-0.3, -0.25) is 15.0 Å². The van der Waals surface area contributed by atoms with Gasteiger partial charge in [0.1, 0.15) is 21.6 Å². The first-order valence-corrected chi connectivity index (χ1v) is 11.9. The minimum absolute atomic E-state index is 0.0335. The Hall–Kier alpha value is -3.42. The molecule has 3 aromatic rings. The van der Waals surface area contributed by atoms with Gasteiger partial charge in [-0.1, -0.05) is 11.6 Å². The number of hydrogen-bond acceptors (Lipinski definition) is 8. The quantitative estimate of drug-likeness (QED) is 0.478. The molecule has 0 aliphatic carbocycles. The molecule has 0 unspecified atom stereocenters. The van der Waals surface area contributed by atoms with E-state index in [0.717, 1.165) is 17.4 Å². The molecule has 1 aromatic carbocycles. The summed E-state index contributed by atoms with van der Waals surface area (Å²) < 4.78 is 46.0. The maximum Gasteiger partial charge on any atom is 0.334 e. The van der Waals surface area contributed by atoms with Crippen LogP contribution in [-0.2, 0) is 10.0 Å². The number of urea groups is 1. The van der Waals surface area contributed by atoms with Crippen LogP contribution in [0.25, 0.3) is 0 Å². The van der Waals surface area contributed by atoms with Crippen molar-refractivity contribution in [2.75, 3.05) is 29.3 Å². The summed E-state index contributed by atoms with van der Waals surface area (Å²) in [5, 5.41) is 4.97. The van der Waals surface area contributed by atoms with Crippen molar-refractivity contribution in [2.24, 2.45) is 0 Å². The van der Waals surface area contributed by atoms with Crippen LogP contribution in [0.3, 0.4) is 0 Å². The fraction of sp³-hybridized carbons (Fsp3) is 0.105. The molecule has 0 spiro atoms. The molecule has 1 aliphatic heterocycles. The number of rotatable bonds is 5. The van der Waals surface area contributed by atoms with E-state index in [1.165, 1.54) is 41.4 Å². The highest BCUT2D eigenvalue weighted by atomic mass is 35.5. The van der Waals surface area contributed by atoms with Crippen LogP contribution in [0.1, 0.15) is 10.4 Å². The summed E-state index contributed by atoms with van der Waals surface area (Å²) in [6.07, 6.45) is 1.29. The van der Waals surface area contributed by atoms with Gasteiger partial charge in [0.2, 0.25) is 0 Å². The van der Waals surface area contributed by atoms with Crippen molar-refractivity contribution in [3.63, 3.8) is 0 Å². The van der Waals surface area contributed by atoms with Crippen molar-refractivity contribution in [3.8, 4) is 5.75 Å². The smallest absolute Gasteiger partial charge is 0.334 e. The summed E-state index contributed by atoms with van der Waals surface area (Å²) in [6.45, 7) is -0.128. The Morgan fingerprint density at radius 3 is 2.70 bits per heavy atom. The van der Waals surface area contributed by atoms with E-state index in [9.17, 15) is 22.4 Å². The molecule has 0 radical (unpaired) electrons. The van der Waals surface area contributed by atoms with Crippen molar-refractivity contribution in [1.82, 2.24) is 9.71 Å². The zero-order valence-corrected chi connectivity index (χ0v) is 19.1. The van der Waals surface area contributed by atoms with Crippen LogP contribution in [0.5, 0.6) is 5.75 Å². The minimum Gasteiger partial charge on any atom is -0.472 e. The van der Waals surface area contributed by atoms with Crippen LogP contribution < -0.4 is 25.0 Å². The number of anilines is 3. The Balaban J connectivity index is 1.45. The molecule has 4 rings (SSSR count). The van der Waals surface area contributed by atoms with Crippen LogP contribution in [-0.4, -0.2) is 39.1 Å². The average Bonchev–Trinajstić information content (AvgIpc) is 3.22. The van der Waals surface area contributed by atoms with Gasteiger partial charge in [-0.15, -0.1) is 11.3 Å². The summed E-state index contributed by atoms with van der Waals surface area (Å²) in [7, 11) is -2.54. The lowest BCUT2D eigenvalue weighted by Gasteiger charge is -2.29. The number of fused-ring (bicyclic) bond motifs is 1. The second-order valence-corrected chi connectivity index (χ2v) is 10.2. The number of nitrogens with one attached hydrogen (secondary N) is 3. The number of pyridine rings is 1. The number of ether oxygens (including phenoxy) is 1. The largest absolute Gasteiger partial charge is 0.472 e. The Morgan fingerprint density at radius 2 is 2.06 bits per heavy atom. The van der Waals surface area contributed by atoms with Crippen molar-refractivity contribution < 1.29 is 27.1 Å². The summed E-state index contributed by atoms with van der Waals surface area (Å²) >= 11 is 6.53. The van der Waals surface area contributed by atoms with E-state index in [0.29, 0.717) is 5.69 Å². The van der Waals surface area contributed by atoms with E-state index in [1.54, 1.807) is 7.05 Å². The number of sulfonamides is 1. The van der Waals surface area contributed by atoms with Crippen molar-refractivity contribution in [1.29, 1.82) is 0 Å². The number of thiophene rings is 1. The van der Waals surface area contributed by atoms with Gasteiger partial charge >= 0.3 is 6.03 Å². The van der Waals surface area contributed by atoms with E-state index in [-0.39, 0.29) is 38.1 Å². The molecule has 14 heteroatoms. The fourth-order valence-corrected chi connectivity index (χ4v) is 5.33. The zero-order valence-electron chi connectivity index (χ0n) is 16.8. The van der Waals surface area contributed by atoms with Gasteiger partial charge in [0, 0.05) is 13.1 Å². The minimum atomic E-state index is -4.09. The topological polar surface area (TPSA) is 130 Å². The number of halogens is 2. The van der Waals surface area contributed by atoms with Crippen LogP contribution >= 0.6 is 22.9 Å². The van der Waals surface area contributed by atoms with Gasteiger partial charge in [0.25, 0.3) is 15.9 Å². The second kappa shape index (κ2) is 8.84. The molecular formula is C19H15ClFN5O5S2. The number of hydrogen-bond donors (Lipinski definition) is 3. The van der Waals surface area contributed by atoms with Crippen LogP contribution in [0.15, 0.2) is 46.8 Å². The van der Waals surface area contributed by atoms with Gasteiger partial charge in [0.15, 0.2) is 6.73 Å². The first-order valence-electron chi connectivity index (χ1n) is 9.19. The van der Waals surface area contributed by atoms with Gasteiger partial charge in [-0.05, 0) is 30.3 Å². The van der Waals surface area contributed by atoms with Gasteiger partial charge < -0.3 is 10.1 Å². The van der Waals surface area contributed by atoms with E-state index < -0.39 is 27.8 Å². The standard InChI is InChI=1S/C19H15ClFN5O5S2/c1-22-13-7-14-11(6-12(13)21)18(27)26(9-31-14)10-2-4-16(23-8-10)24-19(28)25-33(29,30)17-5-3-15(20)32-17/h2-8,22H,9H2,1H3,(H2,23,24,25,28). The molecule has 1 aliphatic rings. The number of carbonyl (C=O) groups excluding carboxylic acids is 2. The lowest BCUT2D eigenvalue weighted by molar-refractivity contribution is 0.0936. The van der Waals surface area contributed by atoms with E-state index in [4.69, 9.17) is 16.3 Å². The molecule has 172 valence electrons. The highest BCUT2D eigenvalue weighted by molar-refractivity contribution is 7.92. The Labute approximate surface area is 196 Å². The molecule has 0 saturated heterocycles. The predicted octanol–water partition coefficient (Wildman–Crippen LogP) is 3.48. The normalized spacial score (nSPS) is 13.2. The summed E-state index contributed by atoms with van der Waals surface area (Å²) in [5.74, 6) is -0.804. The maximum atomic E-state index is 14.1. The summed E-state index contributed by atoms with van der Waals surface area (Å²) in [6, 6.07) is 6.99. The first kappa shape index (κ1) is 22.8. The zero-order chi connectivity index (χ0) is 23.8. The number of nitrogens with zero attached hydrogens (tertiary/aromatic N) is 2. The van der Waals surface area contributed by atoms with Crippen LogP contribution in [0.2, 0.25) is 4.34 Å². The third-order valence-electron chi connectivity index (χ3n) is 4.50. The number of benzene rings is 1. The van der Waals surface area contributed by atoms with Crippen molar-refractivity contribution in [3.05, 3.63) is 58.3 Å². The fourth-order valence-electron chi connectivity index (χ4n) is 2.94. The molecule has 0 atom stereocenters. The third-order valence-corrected chi connectivity index (χ3v) is 7.56. The van der Waals surface area contributed by atoms with Crippen LogP contribution in [0.4, 0.5) is 26.4 Å². The first-order chi connectivity index (χ1) is 15.7. The van der Waals surface area contributed by atoms with Gasteiger partial charge in [-0.25, -0.2) is 27.3 Å². The average molecular weight is 512 g/mol. The van der Waals surface area contributed by atoms with E-state index in [1.807, 2.05) is 4.72 Å². The maximum absolute atomic E-state index is 14.1. The Kier molecular flexibility index (Phi) is 6.10. The number of carbonyl (C=O) groups is 2. The predicted molar refractivity (Wildman–Crippen MR) is 121 cm³/mol. The molecular weight excluding hydrogens is 497 g/mol. The highest BCUT2D eigenvalue weighted by Crippen LogP contribution is 2.32. The molecule has 0 saturated carbocycles. The second-order valence-electron chi connectivity index (χ2n) is 6.60. The Bertz CT molecular complexity index is 1350. The molecule has 3 N–H and O–H groups in total. The van der Waals surface area contributed by atoms with Crippen LogP contribution in [0, 0.1) is 5.82 Å². The summed E-state index contributed by atoms with van der Waals surface area (Å²) in [5.41, 5.74) is 0.586. The number of aromatic nitrogens is 1. The van der Waals surface area contributed by atoms with Gasteiger partial charge in [-0.2, -0.15) is 0 Å². The molecule has 3 heterocycles. The van der Waals surface area contributed by atoms with Gasteiger partial charge in [0.05, 0.1) is 27.5 Å². The highest BCUT2D eigenvalue weighted by Gasteiger charge is 2.29. The molecule has 10 nitrogen and oxygen atoms in total. The lowest BCUT2D eigenvalue weighted by Crippen LogP contribution is -2.39. The molecule has 0 bridgehead atoms. The number of amides is 3. The molecule has 33 heavy (non-hydrogen) atoms. The summed E-state index contributed by atoms with van der Waals surface area (Å²) in [4.78, 5) is 30.1. The molecule has 3 amide bonds. The SMILES string of the molecule is CNc1cc2c(cc1F)C(=O)N(c1ccc(NC(=O)NS(=O)(=O)c3ccc(Cl)s3)nc1)CO2.